The third-order valence-electron chi connectivity index (χ3n) is 3.71. The number of esters is 1. The highest BCUT2D eigenvalue weighted by molar-refractivity contribution is 7.89. The van der Waals surface area contributed by atoms with E-state index in [0.717, 1.165) is 19.3 Å². The van der Waals surface area contributed by atoms with Gasteiger partial charge in [0.05, 0.1) is 12.9 Å². The van der Waals surface area contributed by atoms with E-state index < -0.39 is 10.0 Å². The first-order valence-electron chi connectivity index (χ1n) is 7.01. The van der Waals surface area contributed by atoms with Crippen LogP contribution in [0.1, 0.15) is 51.9 Å². The van der Waals surface area contributed by atoms with Crippen LogP contribution in [0.2, 0.25) is 0 Å². The average molecular weight is 291 g/mol. The monoisotopic (exact) mass is 291 g/mol. The molecule has 0 heterocycles. The third kappa shape index (κ3) is 6.38. The van der Waals surface area contributed by atoms with Crippen molar-refractivity contribution in [3.8, 4) is 0 Å². The minimum Gasteiger partial charge on any atom is -0.469 e. The molecule has 5 nitrogen and oxygen atoms in total. The molecule has 1 aliphatic carbocycles. The van der Waals surface area contributed by atoms with E-state index in [9.17, 15) is 13.2 Å². The van der Waals surface area contributed by atoms with Crippen molar-refractivity contribution in [3.63, 3.8) is 0 Å². The number of carbonyl (C=O) groups excluding carboxylic acids is 1. The van der Waals surface area contributed by atoms with Crippen LogP contribution in [0.4, 0.5) is 0 Å². The number of methoxy groups -OCH3 is 1. The molecule has 1 N–H and O–H groups in total. The lowest BCUT2D eigenvalue weighted by Crippen LogP contribution is -2.40. The Morgan fingerprint density at radius 2 is 1.95 bits per heavy atom. The maximum Gasteiger partial charge on any atom is 0.305 e. The summed E-state index contributed by atoms with van der Waals surface area (Å²) in [4.78, 5) is 10.9. The van der Waals surface area contributed by atoms with Crippen LogP contribution in [-0.2, 0) is 19.6 Å². The summed E-state index contributed by atoms with van der Waals surface area (Å²) >= 11 is 0. The zero-order valence-corrected chi connectivity index (χ0v) is 12.7. The van der Waals surface area contributed by atoms with Gasteiger partial charge in [-0.15, -0.1) is 0 Å². The second-order valence-corrected chi connectivity index (χ2v) is 7.21. The predicted octanol–water partition coefficient (Wildman–Crippen LogP) is 1.83. The van der Waals surface area contributed by atoms with Crippen LogP contribution >= 0.6 is 0 Å². The summed E-state index contributed by atoms with van der Waals surface area (Å²) in [5.41, 5.74) is 0. The molecule has 0 bridgehead atoms. The Balaban J connectivity index is 2.42. The maximum atomic E-state index is 12.0. The standard InChI is InChI=1S/C13H25NO4S/c1-11-7-4-3-5-8-12(11)14-19(16,17)10-6-9-13(15)18-2/h11-12,14H,3-10H2,1-2H3. The molecule has 0 aromatic rings. The van der Waals surface area contributed by atoms with Crippen molar-refractivity contribution in [2.45, 2.75) is 57.9 Å². The van der Waals surface area contributed by atoms with Crippen LogP contribution in [0.25, 0.3) is 0 Å². The number of ether oxygens (including phenoxy) is 1. The quantitative estimate of drug-likeness (QED) is 0.598. The van der Waals surface area contributed by atoms with Crippen LogP contribution in [0, 0.1) is 5.92 Å². The fraction of sp³-hybridized carbons (Fsp3) is 0.923. The summed E-state index contributed by atoms with van der Waals surface area (Å²) in [7, 11) is -1.98. The van der Waals surface area contributed by atoms with Crippen molar-refractivity contribution in [1.29, 1.82) is 0 Å². The molecular weight excluding hydrogens is 266 g/mol. The molecule has 0 radical (unpaired) electrons. The largest absolute Gasteiger partial charge is 0.469 e. The molecule has 0 aliphatic heterocycles. The van der Waals surface area contributed by atoms with Crippen LogP contribution < -0.4 is 4.72 Å². The van der Waals surface area contributed by atoms with Crippen molar-refractivity contribution >= 4 is 16.0 Å². The number of rotatable bonds is 6. The maximum absolute atomic E-state index is 12.0. The number of nitrogens with one attached hydrogen (secondary N) is 1. The molecule has 0 aromatic carbocycles. The van der Waals surface area contributed by atoms with E-state index in [1.54, 1.807) is 0 Å². The molecule has 0 amide bonds. The van der Waals surface area contributed by atoms with Gasteiger partial charge in [-0.1, -0.05) is 26.2 Å². The minimum absolute atomic E-state index is 0.00861. The van der Waals surface area contributed by atoms with Gasteiger partial charge in [0.2, 0.25) is 10.0 Å². The summed E-state index contributed by atoms with van der Waals surface area (Å²) in [6.07, 6.45) is 5.90. The zero-order valence-electron chi connectivity index (χ0n) is 11.9. The van der Waals surface area contributed by atoms with Gasteiger partial charge < -0.3 is 4.74 Å². The SMILES string of the molecule is COC(=O)CCCS(=O)(=O)NC1CCCCCC1C. The highest BCUT2D eigenvalue weighted by Crippen LogP contribution is 2.23. The number of hydrogen-bond acceptors (Lipinski definition) is 4. The second kappa shape index (κ2) is 7.85. The first kappa shape index (κ1) is 16.4. The summed E-state index contributed by atoms with van der Waals surface area (Å²) < 4.78 is 31.2. The zero-order chi connectivity index (χ0) is 14.3. The number of carbonyl (C=O) groups is 1. The Labute approximate surface area is 116 Å². The average Bonchev–Trinajstić information content (AvgIpc) is 2.54. The number of hydrogen-bond donors (Lipinski definition) is 1. The highest BCUT2D eigenvalue weighted by Gasteiger charge is 2.24. The molecule has 19 heavy (non-hydrogen) atoms. The van der Waals surface area contributed by atoms with Crippen LogP contribution in [0.5, 0.6) is 0 Å². The van der Waals surface area contributed by atoms with Crippen molar-refractivity contribution in [2.24, 2.45) is 5.92 Å². The Bertz CT molecular complexity index is 380. The predicted molar refractivity (Wildman–Crippen MR) is 74.2 cm³/mol. The summed E-state index contributed by atoms with van der Waals surface area (Å²) in [5, 5.41) is 0. The van der Waals surface area contributed by atoms with Gasteiger partial charge in [0.25, 0.3) is 0 Å². The van der Waals surface area contributed by atoms with Crippen molar-refractivity contribution in [1.82, 2.24) is 4.72 Å². The summed E-state index contributed by atoms with van der Waals surface area (Å²) in [5.74, 6) is 0.0154. The van der Waals surface area contributed by atoms with Crippen molar-refractivity contribution in [3.05, 3.63) is 0 Å². The summed E-state index contributed by atoms with van der Waals surface area (Å²) in [6.45, 7) is 2.10. The molecule has 112 valence electrons. The van der Waals surface area contributed by atoms with Crippen LogP contribution in [0.15, 0.2) is 0 Å². The second-order valence-electron chi connectivity index (χ2n) is 5.34. The van der Waals surface area contributed by atoms with Gasteiger partial charge in [-0.3, -0.25) is 4.79 Å². The van der Waals surface area contributed by atoms with Crippen LogP contribution in [0.3, 0.4) is 0 Å². The molecule has 1 aliphatic rings. The molecule has 0 aromatic heterocycles. The van der Waals surface area contributed by atoms with E-state index >= 15 is 0 Å². The highest BCUT2D eigenvalue weighted by atomic mass is 32.2. The minimum atomic E-state index is -3.29. The van der Waals surface area contributed by atoms with E-state index in [1.165, 1.54) is 20.0 Å². The molecule has 6 heteroatoms. The topological polar surface area (TPSA) is 72.5 Å². The van der Waals surface area contributed by atoms with Gasteiger partial charge >= 0.3 is 5.97 Å². The summed E-state index contributed by atoms with van der Waals surface area (Å²) in [6, 6.07) is 0.0469. The molecule has 0 spiro atoms. The van der Waals surface area contributed by atoms with Gasteiger partial charge in [-0.2, -0.15) is 0 Å². The van der Waals surface area contributed by atoms with E-state index in [-0.39, 0.29) is 24.2 Å². The van der Waals surface area contributed by atoms with Gasteiger partial charge in [-0.25, -0.2) is 13.1 Å². The van der Waals surface area contributed by atoms with Gasteiger partial charge in [0.1, 0.15) is 0 Å². The Morgan fingerprint density at radius 1 is 1.26 bits per heavy atom. The number of sulfonamides is 1. The Morgan fingerprint density at radius 3 is 2.63 bits per heavy atom. The lowest BCUT2D eigenvalue weighted by atomic mass is 9.98. The molecule has 0 saturated heterocycles. The fourth-order valence-electron chi connectivity index (χ4n) is 2.47. The molecule has 1 saturated carbocycles. The fourth-order valence-corrected chi connectivity index (χ4v) is 3.92. The molecule has 1 rings (SSSR count). The van der Waals surface area contributed by atoms with Gasteiger partial charge in [-0.05, 0) is 25.2 Å². The van der Waals surface area contributed by atoms with Crippen molar-refractivity contribution < 1.29 is 17.9 Å². The lowest BCUT2D eigenvalue weighted by Gasteiger charge is -2.22. The normalized spacial score (nSPS) is 24.7. The van der Waals surface area contributed by atoms with Crippen molar-refractivity contribution in [2.75, 3.05) is 12.9 Å². The third-order valence-corrected chi connectivity index (χ3v) is 5.20. The molecule has 1 fully saturated rings. The Kier molecular flexibility index (Phi) is 6.79. The van der Waals surface area contributed by atoms with Crippen LogP contribution in [-0.4, -0.2) is 33.3 Å². The van der Waals surface area contributed by atoms with E-state index in [0.29, 0.717) is 12.3 Å². The van der Waals surface area contributed by atoms with Gasteiger partial charge in [0.15, 0.2) is 0 Å². The van der Waals surface area contributed by atoms with Gasteiger partial charge in [0, 0.05) is 12.5 Å². The molecular formula is C13H25NO4S. The lowest BCUT2D eigenvalue weighted by molar-refractivity contribution is -0.140. The van der Waals surface area contributed by atoms with E-state index in [4.69, 9.17) is 0 Å². The first-order valence-corrected chi connectivity index (χ1v) is 8.66. The van der Waals surface area contributed by atoms with E-state index in [1.807, 2.05) is 0 Å². The Hall–Kier alpha value is -0.620. The molecule has 2 unspecified atom stereocenters. The smallest absolute Gasteiger partial charge is 0.305 e. The molecule has 2 atom stereocenters. The van der Waals surface area contributed by atoms with E-state index in [2.05, 4.69) is 16.4 Å². The first-order chi connectivity index (χ1) is 8.94.